The summed E-state index contributed by atoms with van der Waals surface area (Å²) in [6.45, 7) is 2.00. The van der Waals surface area contributed by atoms with E-state index >= 15 is 0 Å². The van der Waals surface area contributed by atoms with Crippen LogP contribution in [0, 0.1) is 5.92 Å². The number of nitrogens with zero attached hydrogens (tertiary/aromatic N) is 2. The van der Waals surface area contributed by atoms with Crippen LogP contribution < -0.4 is 0 Å². The minimum atomic E-state index is 0.394. The Morgan fingerprint density at radius 3 is 2.70 bits per heavy atom. The second-order valence-electron chi connectivity index (χ2n) is 7.01. The minimum absolute atomic E-state index is 0.394. The van der Waals surface area contributed by atoms with Gasteiger partial charge in [0, 0.05) is 33.7 Å². The molecule has 0 aliphatic carbocycles. The summed E-state index contributed by atoms with van der Waals surface area (Å²) >= 11 is 5.64. The summed E-state index contributed by atoms with van der Waals surface area (Å²) in [4.78, 5) is 11.7. The first-order valence-electron chi connectivity index (χ1n) is 9.08. The molecule has 0 N–H and O–H groups in total. The average Bonchev–Trinajstić information content (AvgIpc) is 3.34. The van der Waals surface area contributed by atoms with Gasteiger partial charge in [-0.2, -0.15) is 0 Å². The van der Waals surface area contributed by atoms with Crippen molar-refractivity contribution < 1.29 is 0 Å². The number of hydrogen-bond donors (Lipinski definition) is 0. The van der Waals surface area contributed by atoms with Crippen molar-refractivity contribution in [2.45, 2.75) is 10.1 Å². The molecule has 0 bridgehead atoms. The number of fused-ring (bicyclic) bond motifs is 2. The molecular weight excluding hydrogens is 388 g/mol. The Balaban J connectivity index is 1.67. The summed E-state index contributed by atoms with van der Waals surface area (Å²) < 4.78 is 0. The molecule has 5 rings (SSSR count). The molecule has 0 unspecified atom stereocenters. The molecule has 0 amide bonds. The van der Waals surface area contributed by atoms with Crippen LogP contribution in [-0.2, 0) is 0 Å². The van der Waals surface area contributed by atoms with Gasteiger partial charge in [0.25, 0.3) is 0 Å². The molecule has 2 nitrogen and oxygen atoms in total. The Bertz CT molecular complexity index is 987. The average molecular weight is 409 g/mol. The third-order valence-corrected chi connectivity index (χ3v) is 8.40. The molecule has 2 aliphatic rings. The van der Waals surface area contributed by atoms with E-state index in [1.165, 1.54) is 25.9 Å². The maximum Gasteiger partial charge on any atom is 0.0769 e. The monoisotopic (exact) mass is 408 g/mol. The van der Waals surface area contributed by atoms with Gasteiger partial charge in [0.1, 0.15) is 0 Å². The maximum atomic E-state index is 5.23. The van der Waals surface area contributed by atoms with Gasteiger partial charge in [-0.3, -0.25) is 4.99 Å². The quantitative estimate of drug-likeness (QED) is 0.489. The van der Waals surface area contributed by atoms with E-state index in [1.54, 1.807) is 11.3 Å². The molecule has 5 heteroatoms. The third-order valence-electron chi connectivity index (χ3n) is 5.04. The number of benzene rings is 1. The zero-order valence-corrected chi connectivity index (χ0v) is 17.5. The topological polar surface area (TPSA) is 15.6 Å². The number of hydrogen-bond acceptors (Lipinski definition) is 5. The lowest BCUT2D eigenvalue weighted by atomic mass is 9.87. The molecule has 0 radical (unpaired) electrons. The summed E-state index contributed by atoms with van der Waals surface area (Å²) in [5.41, 5.74) is 3.75. The van der Waals surface area contributed by atoms with Gasteiger partial charge in [0.15, 0.2) is 0 Å². The van der Waals surface area contributed by atoms with Gasteiger partial charge in [-0.15, -0.1) is 34.4 Å². The fourth-order valence-electron chi connectivity index (χ4n) is 3.86. The van der Waals surface area contributed by atoms with Gasteiger partial charge in [0.05, 0.1) is 16.6 Å². The lowest BCUT2D eigenvalue weighted by Gasteiger charge is -2.36. The van der Waals surface area contributed by atoms with Crippen LogP contribution in [0.1, 0.15) is 15.0 Å². The van der Waals surface area contributed by atoms with Crippen LogP contribution >= 0.6 is 34.4 Å². The van der Waals surface area contributed by atoms with E-state index in [-0.39, 0.29) is 0 Å². The highest BCUT2D eigenvalue weighted by Crippen LogP contribution is 2.50. The maximum absolute atomic E-state index is 5.23. The molecule has 3 aromatic rings. The Labute approximate surface area is 172 Å². The van der Waals surface area contributed by atoms with E-state index in [0.717, 1.165) is 18.8 Å². The fourth-order valence-corrected chi connectivity index (χ4v) is 6.86. The van der Waals surface area contributed by atoms with Gasteiger partial charge < -0.3 is 4.90 Å². The molecule has 2 aromatic heterocycles. The number of para-hydroxylation sites is 1. The highest BCUT2D eigenvalue weighted by atomic mass is 32.2. The number of likely N-dealkylation sites (tertiary alicyclic amines) is 1. The van der Waals surface area contributed by atoms with E-state index in [9.17, 15) is 0 Å². The fraction of sp³-hybridized carbons (Fsp3) is 0.227. The van der Waals surface area contributed by atoms with Crippen molar-refractivity contribution in [1.82, 2.24) is 4.90 Å². The molecule has 4 heterocycles. The summed E-state index contributed by atoms with van der Waals surface area (Å²) in [6.07, 6.45) is 2.34. The zero-order valence-electron chi connectivity index (χ0n) is 15.0. The van der Waals surface area contributed by atoms with Crippen LogP contribution in [0.15, 0.2) is 74.8 Å². The second-order valence-corrected chi connectivity index (χ2v) is 10.1. The Kier molecular flexibility index (Phi) is 4.78. The first-order chi connectivity index (χ1) is 13.3. The normalized spacial score (nSPS) is 24.2. The second kappa shape index (κ2) is 7.40. The Morgan fingerprint density at radius 2 is 1.89 bits per heavy atom. The first kappa shape index (κ1) is 17.4. The molecule has 2 atom stereocenters. The third kappa shape index (κ3) is 3.45. The van der Waals surface area contributed by atoms with E-state index < -0.39 is 0 Å². The number of thioether (sulfide) groups is 1. The highest BCUT2D eigenvalue weighted by Gasteiger charge is 2.37. The van der Waals surface area contributed by atoms with Crippen molar-refractivity contribution in [2.24, 2.45) is 10.9 Å². The number of rotatable bonds is 2. The zero-order chi connectivity index (χ0) is 18.2. The van der Waals surface area contributed by atoms with Crippen molar-refractivity contribution in [2.75, 3.05) is 20.1 Å². The summed E-state index contributed by atoms with van der Waals surface area (Å²) in [6, 6.07) is 17.4. The predicted molar refractivity (Wildman–Crippen MR) is 120 cm³/mol. The first-order valence-corrected chi connectivity index (χ1v) is 11.7. The standard InChI is InChI=1S/C22H20N2S3/c1-24-13-15(12-16-6-4-10-25-16)21-17(14-24)22(20-9-5-11-26-20)27-19-8-3-2-7-18(19)23-21/h2-12,17,22H,13-14H2,1H3/b15-12+/t17-,22-/m1/s1. The van der Waals surface area contributed by atoms with E-state index in [4.69, 9.17) is 4.99 Å². The van der Waals surface area contributed by atoms with Gasteiger partial charge in [-0.1, -0.05) is 24.3 Å². The molecule has 1 saturated heterocycles. The van der Waals surface area contributed by atoms with Crippen LogP contribution in [0.25, 0.3) is 6.08 Å². The number of thiophene rings is 2. The molecule has 0 spiro atoms. The van der Waals surface area contributed by atoms with Gasteiger partial charge in [0.2, 0.25) is 0 Å². The van der Waals surface area contributed by atoms with Gasteiger partial charge in [-0.25, -0.2) is 0 Å². The van der Waals surface area contributed by atoms with E-state index in [2.05, 4.69) is 77.3 Å². The summed E-state index contributed by atoms with van der Waals surface area (Å²) in [5.74, 6) is 0.394. The lowest BCUT2D eigenvalue weighted by molar-refractivity contribution is 0.316. The molecular formula is C22H20N2S3. The van der Waals surface area contributed by atoms with Crippen molar-refractivity contribution in [3.8, 4) is 0 Å². The van der Waals surface area contributed by atoms with Crippen molar-refractivity contribution in [3.05, 3.63) is 74.6 Å². The van der Waals surface area contributed by atoms with Crippen molar-refractivity contribution in [3.63, 3.8) is 0 Å². The van der Waals surface area contributed by atoms with Gasteiger partial charge >= 0.3 is 0 Å². The molecule has 136 valence electrons. The Hall–Kier alpha value is -1.66. The summed E-state index contributed by atoms with van der Waals surface area (Å²) in [5, 5.41) is 4.74. The van der Waals surface area contributed by atoms with E-state index in [0.29, 0.717) is 11.2 Å². The van der Waals surface area contributed by atoms with E-state index in [1.807, 2.05) is 23.1 Å². The molecule has 27 heavy (non-hydrogen) atoms. The van der Waals surface area contributed by atoms with Crippen LogP contribution in [0.3, 0.4) is 0 Å². The molecule has 1 aromatic carbocycles. The summed E-state index contributed by atoms with van der Waals surface area (Å²) in [7, 11) is 2.23. The SMILES string of the molecule is CN1C/C(=C\c2cccs2)C2=Nc3ccccc3S[C@@H](c3cccs3)[C@@H]2C1. The van der Waals surface area contributed by atoms with Crippen molar-refractivity contribution >= 4 is 51.9 Å². The lowest BCUT2D eigenvalue weighted by Crippen LogP contribution is -2.42. The predicted octanol–water partition coefficient (Wildman–Crippen LogP) is 6.37. The van der Waals surface area contributed by atoms with Crippen LogP contribution in [0.4, 0.5) is 5.69 Å². The number of aliphatic imine (C=N–C) groups is 1. The van der Waals surface area contributed by atoms with Crippen LogP contribution in [0.5, 0.6) is 0 Å². The largest absolute Gasteiger partial charge is 0.301 e. The molecule has 0 saturated carbocycles. The van der Waals surface area contributed by atoms with Crippen LogP contribution in [0.2, 0.25) is 0 Å². The Morgan fingerprint density at radius 1 is 1.04 bits per heavy atom. The molecule has 2 aliphatic heterocycles. The van der Waals surface area contributed by atoms with Crippen LogP contribution in [-0.4, -0.2) is 30.7 Å². The minimum Gasteiger partial charge on any atom is -0.301 e. The smallest absolute Gasteiger partial charge is 0.0769 e. The van der Waals surface area contributed by atoms with Crippen molar-refractivity contribution in [1.29, 1.82) is 0 Å². The number of likely N-dealkylation sites (N-methyl/N-ethyl adjacent to an activating group) is 1. The van der Waals surface area contributed by atoms with Gasteiger partial charge in [-0.05, 0) is 53.7 Å². The number of piperidine rings is 1. The molecule has 1 fully saturated rings. The highest BCUT2D eigenvalue weighted by molar-refractivity contribution is 7.99.